The van der Waals surface area contributed by atoms with Crippen LogP contribution >= 0.6 is 15.9 Å². The van der Waals surface area contributed by atoms with Gasteiger partial charge in [0.2, 0.25) is 0 Å². The molecule has 0 atom stereocenters. The number of hydrogen-bond donors (Lipinski definition) is 2. The van der Waals surface area contributed by atoms with Crippen LogP contribution in [0.2, 0.25) is 0 Å². The van der Waals surface area contributed by atoms with Crippen LogP contribution in [0.1, 0.15) is 10.4 Å². The lowest BCUT2D eigenvalue weighted by atomic mass is 10.2. The van der Waals surface area contributed by atoms with E-state index < -0.39 is 5.97 Å². The number of ether oxygens (including phenoxy) is 1. The standard InChI is InChI=1S/C13H17BrN2O3/c14-12-9-10(1-2-11(12)13(17)18)15-3-4-16-5-7-19-8-6-16/h1-2,9,15H,3-8H2,(H,17,18). The normalized spacial score (nSPS) is 16.3. The van der Waals surface area contributed by atoms with E-state index in [-0.39, 0.29) is 5.56 Å². The second-order valence-corrected chi connectivity index (χ2v) is 5.23. The van der Waals surface area contributed by atoms with E-state index in [4.69, 9.17) is 9.84 Å². The first-order valence-corrected chi connectivity index (χ1v) is 7.03. The van der Waals surface area contributed by atoms with Crippen molar-refractivity contribution in [3.63, 3.8) is 0 Å². The summed E-state index contributed by atoms with van der Waals surface area (Å²) in [5, 5.41) is 12.2. The first-order chi connectivity index (χ1) is 9.16. The van der Waals surface area contributed by atoms with Crippen LogP contribution in [-0.2, 0) is 4.74 Å². The van der Waals surface area contributed by atoms with Gasteiger partial charge in [-0.3, -0.25) is 4.90 Å². The van der Waals surface area contributed by atoms with Gasteiger partial charge in [-0.2, -0.15) is 0 Å². The predicted octanol–water partition coefficient (Wildman–Crippen LogP) is 1.89. The van der Waals surface area contributed by atoms with Crippen LogP contribution < -0.4 is 5.32 Å². The lowest BCUT2D eigenvalue weighted by molar-refractivity contribution is 0.0398. The number of aromatic carboxylic acids is 1. The van der Waals surface area contributed by atoms with E-state index in [1.54, 1.807) is 18.2 Å². The number of carbonyl (C=O) groups is 1. The smallest absolute Gasteiger partial charge is 0.336 e. The van der Waals surface area contributed by atoms with Crippen molar-refractivity contribution in [1.82, 2.24) is 4.90 Å². The fourth-order valence-electron chi connectivity index (χ4n) is 1.98. The SMILES string of the molecule is O=C(O)c1ccc(NCCN2CCOCC2)cc1Br. The monoisotopic (exact) mass is 328 g/mol. The third-order valence-corrected chi connectivity index (χ3v) is 3.72. The molecule has 0 saturated carbocycles. The summed E-state index contributed by atoms with van der Waals surface area (Å²) in [5.74, 6) is -0.924. The zero-order chi connectivity index (χ0) is 13.7. The first kappa shape index (κ1) is 14.3. The topological polar surface area (TPSA) is 61.8 Å². The average Bonchev–Trinajstić information content (AvgIpc) is 2.39. The van der Waals surface area contributed by atoms with Crippen molar-refractivity contribution in [2.24, 2.45) is 0 Å². The third kappa shape index (κ3) is 4.19. The van der Waals surface area contributed by atoms with Crippen molar-refractivity contribution in [3.05, 3.63) is 28.2 Å². The Morgan fingerprint density at radius 3 is 2.79 bits per heavy atom. The summed E-state index contributed by atoms with van der Waals surface area (Å²) in [6, 6.07) is 5.18. The van der Waals surface area contributed by atoms with Gasteiger partial charge in [0.1, 0.15) is 0 Å². The number of nitrogens with zero attached hydrogens (tertiary/aromatic N) is 1. The Morgan fingerprint density at radius 2 is 2.16 bits per heavy atom. The number of benzene rings is 1. The summed E-state index contributed by atoms with van der Waals surface area (Å²) in [4.78, 5) is 13.2. The molecule has 2 rings (SSSR count). The number of carboxylic acids is 1. The van der Waals surface area contributed by atoms with Gasteiger partial charge in [-0.15, -0.1) is 0 Å². The van der Waals surface area contributed by atoms with Crippen molar-refractivity contribution in [1.29, 1.82) is 0 Å². The molecule has 0 aromatic heterocycles. The highest BCUT2D eigenvalue weighted by Crippen LogP contribution is 2.21. The summed E-state index contributed by atoms with van der Waals surface area (Å²) in [6.07, 6.45) is 0. The molecule has 1 aromatic carbocycles. The fourth-order valence-corrected chi connectivity index (χ4v) is 2.53. The zero-order valence-corrected chi connectivity index (χ0v) is 12.1. The highest BCUT2D eigenvalue weighted by atomic mass is 79.9. The lowest BCUT2D eigenvalue weighted by Gasteiger charge is -2.26. The first-order valence-electron chi connectivity index (χ1n) is 6.23. The second-order valence-electron chi connectivity index (χ2n) is 4.38. The van der Waals surface area contributed by atoms with Crippen LogP contribution in [0.3, 0.4) is 0 Å². The largest absolute Gasteiger partial charge is 0.478 e. The maximum absolute atomic E-state index is 10.9. The lowest BCUT2D eigenvalue weighted by Crippen LogP contribution is -2.39. The van der Waals surface area contributed by atoms with Crippen molar-refractivity contribution in [3.8, 4) is 0 Å². The maximum atomic E-state index is 10.9. The van der Waals surface area contributed by atoms with Crippen LogP contribution in [-0.4, -0.2) is 55.4 Å². The Bertz CT molecular complexity index is 448. The Morgan fingerprint density at radius 1 is 1.42 bits per heavy atom. The van der Waals surface area contributed by atoms with Crippen LogP contribution in [0, 0.1) is 0 Å². The summed E-state index contributed by atoms with van der Waals surface area (Å²) >= 11 is 3.27. The molecule has 5 nitrogen and oxygen atoms in total. The number of hydrogen-bond acceptors (Lipinski definition) is 4. The molecule has 0 spiro atoms. The highest BCUT2D eigenvalue weighted by Gasteiger charge is 2.10. The third-order valence-electron chi connectivity index (χ3n) is 3.06. The van der Waals surface area contributed by atoms with Gasteiger partial charge in [0, 0.05) is 36.3 Å². The Labute approximate surface area is 120 Å². The number of anilines is 1. The molecular formula is C13H17BrN2O3. The minimum atomic E-state index is -0.924. The molecule has 0 unspecified atom stereocenters. The van der Waals surface area contributed by atoms with Crippen LogP contribution in [0.25, 0.3) is 0 Å². The molecule has 1 aliphatic heterocycles. The predicted molar refractivity (Wildman–Crippen MR) is 76.9 cm³/mol. The van der Waals surface area contributed by atoms with E-state index in [0.29, 0.717) is 4.47 Å². The number of carboxylic acid groups (broad SMARTS) is 1. The van der Waals surface area contributed by atoms with E-state index >= 15 is 0 Å². The Hall–Kier alpha value is -1.11. The molecule has 0 bridgehead atoms. The minimum absolute atomic E-state index is 0.277. The minimum Gasteiger partial charge on any atom is -0.478 e. The van der Waals surface area contributed by atoms with Crippen molar-refractivity contribution >= 4 is 27.6 Å². The van der Waals surface area contributed by atoms with Gasteiger partial charge in [0.15, 0.2) is 0 Å². The van der Waals surface area contributed by atoms with Crippen LogP contribution in [0.4, 0.5) is 5.69 Å². The Balaban J connectivity index is 1.82. The van der Waals surface area contributed by atoms with Crippen LogP contribution in [0.15, 0.2) is 22.7 Å². The zero-order valence-electron chi connectivity index (χ0n) is 10.6. The summed E-state index contributed by atoms with van der Waals surface area (Å²) in [6.45, 7) is 5.35. The van der Waals surface area contributed by atoms with Gasteiger partial charge < -0.3 is 15.2 Å². The summed E-state index contributed by atoms with van der Waals surface area (Å²) in [5.41, 5.74) is 1.20. The van der Waals surface area contributed by atoms with E-state index in [1.165, 1.54) is 0 Å². The summed E-state index contributed by atoms with van der Waals surface area (Å²) in [7, 11) is 0. The number of halogens is 1. The van der Waals surface area contributed by atoms with E-state index in [2.05, 4.69) is 26.1 Å². The molecule has 1 heterocycles. The quantitative estimate of drug-likeness (QED) is 0.864. The number of nitrogens with one attached hydrogen (secondary N) is 1. The Kier molecular flexibility index (Phi) is 5.18. The van der Waals surface area contributed by atoms with Crippen molar-refractivity contribution in [2.45, 2.75) is 0 Å². The average molecular weight is 329 g/mol. The molecule has 0 aliphatic carbocycles. The van der Waals surface area contributed by atoms with Crippen molar-refractivity contribution in [2.75, 3.05) is 44.7 Å². The maximum Gasteiger partial charge on any atom is 0.336 e. The molecule has 1 aliphatic rings. The molecule has 1 aromatic rings. The van der Waals surface area contributed by atoms with Gasteiger partial charge in [-0.25, -0.2) is 4.79 Å². The van der Waals surface area contributed by atoms with E-state index in [0.717, 1.165) is 45.1 Å². The van der Waals surface area contributed by atoms with Gasteiger partial charge in [0.25, 0.3) is 0 Å². The molecule has 2 N–H and O–H groups in total. The number of morpholine rings is 1. The fraction of sp³-hybridized carbons (Fsp3) is 0.462. The second kappa shape index (κ2) is 6.88. The molecule has 0 amide bonds. The van der Waals surface area contributed by atoms with Crippen LogP contribution in [0.5, 0.6) is 0 Å². The molecule has 6 heteroatoms. The molecule has 1 saturated heterocycles. The van der Waals surface area contributed by atoms with Gasteiger partial charge in [0.05, 0.1) is 18.8 Å². The molecular weight excluding hydrogens is 312 g/mol. The van der Waals surface area contributed by atoms with E-state index in [9.17, 15) is 4.79 Å². The molecule has 19 heavy (non-hydrogen) atoms. The van der Waals surface area contributed by atoms with Gasteiger partial charge >= 0.3 is 5.97 Å². The molecule has 104 valence electrons. The highest BCUT2D eigenvalue weighted by molar-refractivity contribution is 9.10. The summed E-state index contributed by atoms with van der Waals surface area (Å²) < 4.78 is 5.89. The van der Waals surface area contributed by atoms with Gasteiger partial charge in [-0.1, -0.05) is 0 Å². The van der Waals surface area contributed by atoms with Crippen molar-refractivity contribution < 1.29 is 14.6 Å². The molecule has 1 fully saturated rings. The molecule has 0 radical (unpaired) electrons. The van der Waals surface area contributed by atoms with E-state index in [1.807, 2.05) is 0 Å². The van der Waals surface area contributed by atoms with Gasteiger partial charge in [-0.05, 0) is 34.1 Å². The number of rotatable bonds is 5.